The molecule has 1 aromatic carbocycles. The van der Waals surface area contributed by atoms with Gasteiger partial charge in [0, 0.05) is 0 Å². The molecule has 2 amide bonds. The molecule has 134 valence electrons. The largest absolute Gasteiger partial charge is 0.491 e. The van der Waals surface area contributed by atoms with Gasteiger partial charge in [0.2, 0.25) is 5.91 Å². The van der Waals surface area contributed by atoms with E-state index in [4.69, 9.17) is 10.5 Å². The number of para-hydroxylation sites is 1. The van der Waals surface area contributed by atoms with Crippen molar-refractivity contribution in [1.29, 1.82) is 0 Å². The maximum Gasteiger partial charge on any atom is 0.325 e. The predicted octanol–water partition coefficient (Wildman–Crippen LogP) is -0.100. The topological polar surface area (TPSA) is 130 Å². The van der Waals surface area contributed by atoms with E-state index in [1.165, 1.54) is 24.0 Å². The third-order valence-electron chi connectivity index (χ3n) is 4.48. The van der Waals surface area contributed by atoms with Crippen molar-refractivity contribution in [2.24, 2.45) is 11.7 Å². The number of amides is 2. The summed E-state index contributed by atoms with van der Waals surface area (Å²) in [5, 5.41) is 19.0. The van der Waals surface area contributed by atoms with E-state index in [0.29, 0.717) is 0 Å². The van der Waals surface area contributed by atoms with Crippen LogP contribution in [0.15, 0.2) is 24.3 Å². The van der Waals surface area contributed by atoms with E-state index in [1.807, 2.05) is 0 Å². The number of rotatable bonds is 6. The van der Waals surface area contributed by atoms with Crippen LogP contribution in [0.3, 0.4) is 0 Å². The van der Waals surface area contributed by atoms with Gasteiger partial charge in [0.05, 0.1) is 29.5 Å². The molecule has 0 bridgehead atoms. The fourth-order valence-electron chi connectivity index (χ4n) is 3.09. The number of thioether (sulfide) groups is 1. The van der Waals surface area contributed by atoms with Crippen LogP contribution in [-0.4, -0.2) is 62.3 Å². The van der Waals surface area contributed by atoms with Crippen molar-refractivity contribution in [1.82, 2.24) is 4.90 Å². The first-order valence-electron chi connectivity index (χ1n) is 7.68. The summed E-state index contributed by atoms with van der Waals surface area (Å²) in [6.45, 7) is 1.27. The lowest BCUT2D eigenvalue weighted by Crippen LogP contribution is -2.60. The molecule has 2 aliphatic heterocycles. The fourth-order valence-corrected chi connectivity index (χ4v) is 4.79. The lowest BCUT2D eigenvalue weighted by molar-refractivity contribution is -0.156. The zero-order valence-electron chi connectivity index (χ0n) is 13.4. The van der Waals surface area contributed by atoms with Crippen LogP contribution >= 0.6 is 11.8 Å². The number of hydrogen-bond donors (Lipinski definition) is 3. The van der Waals surface area contributed by atoms with E-state index >= 15 is 0 Å². The van der Waals surface area contributed by atoms with Crippen molar-refractivity contribution < 1.29 is 29.3 Å². The molecule has 2 aliphatic rings. The van der Waals surface area contributed by atoms with Crippen molar-refractivity contribution in [2.75, 3.05) is 13.2 Å². The number of primary amides is 1. The van der Waals surface area contributed by atoms with Gasteiger partial charge in [-0.2, -0.15) is 0 Å². The number of carboxylic acid groups (broad SMARTS) is 1. The molecular weight excluding hydrogens is 348 g/mol. The molecule has 1 aromatic rings. The molecule has 2 saturated heterocycles. The van der Waals surface area contributed by atoms with E-state index in [0.717, 1.165) is 11.8 Å². The molecule has 25 heavy (non-hydrogen) atoms. The Kier molecular flexibility index (Phi) is 4.38. The van der Waals surface area contributed by atoms with Gasteiger partial charge in [0.15, 0.2) is 4.75 Å². The summed E-state index contributed by atoms with van der Waals surface area (Å²) in [6.07, 6.45) is -0.845. The average molecular weight is 366 g/mol. The van der Waals surface area contributed by atoms with E-state index < -0.39 is 34.0 Å². The Morgan fingerprint density at radius 3 is 2.76 bits per heavy atom. The van der Waals surface area contributed by atoms with E-state index in [2.05, 4.69) is 0 Å². The van der Waals surface area contributed by atoms with Crippen LogP contribution in [0, 0.1) is 5.92 Å². The quantitative estimate of drug-likeness (QED) is 0.599. The Morgan fingerprint density at radius 1 is 1.48 bits per heavy atom. The zero-order chi connectivity index (χ0) is 18.4. The number of aliphatic hydroxyl groups excluding tert-OH is 1. The molecule has 0 radical (unpaired) electrons. The van der Waals surface area contributed by atoms with Gasteiger partial charge >= 0.3 is 5.97 Å². The van der Waals surface area contributed by atoms with Crippen LogP contribution < -0.4 is 10.5 Å². The first-order valence-corrected chi connectivity index (χ1v) is 8.56. The SMILES string of the molecule is C[C@@H](O)[C@H]1C(=O)N2CC(COc3ccccc3C(N)=O)(C(=O)O)S[C@H]12. The molecule has 4 atom stereocenters. The molecule has 0 spiro atoms. The normalized spacial score (nSPS) is 28.9. The number of aliphatic carboxylic acids is 1. The third-order valence-corrected chi connectivity index (χ3v) is 6.14. The number of hydrogen-bond acceptors (Lipinski definition) is 6. The van der Waals surface area contributed by atoms with Gasteiger partial charge < -0.3 is 25.6 Å². The summed E-state index contributed by atoms with van der Waals surface area (Å²) in [7, 11) is 0. The van der Waals surface area contributed by atoms with Crippen LogP contribution in [0.5, 0.6) is 5.75 Å². The maximum atomic E-state index is 12.1. The van der Waals surface area contributed by atoms with Gasteiger partial charge in [-0.15, -0.1) is 11.8 Å². The number of ether oxygens (including phenoxy) is 1. The molecule has 2 fully saturated rings. The van der Waals surface area contributed by atoms with Gasteiger partial charge in [-0.1, -0.05) is 12.1 Å². The van der Waals surface area contributed by atoms with E-state index in [-0.39, 0.29) is 30.4 Å². The molecule has 4 N–H and O–H groups in total. The number of nitrogens with zero attached hydrogens (tertiary/aromatic N) is 1. The summed E-state index contributed by atoms with van der Waals surface area (Å²) < 4.78 is 4.23. The average Bonchev–Trinajstić information content (AvgIpc) is 2.89. The minimum absolute atomic E-state index is 0.0154. The maximum absolute atomic E-state index is 12.1. The Morgan fingerprint density at radius 2 is 2.16 bits per heavy atom. The minimum atomic E-state index is -1.37. The van der Waals surface area contributed by atoms with Gasteiger partial charge in [0.1, 0.15) is 12.4 Å². The van der Waals surface area contributed by atoms with Crippen molar-refractivity contribution in [2.45, 2.75) is 23.1 Å². The molecule has 0 aromatic heterocycles. The number of benzene rings is 1. The molecule has 0 aliphatic carbocycles. The van der Waals surface area contributed by atoms with Crippen LogP contribution in [0.1, 0.15) is 17.3 Å². The van der Waals surface area contributed by atoms with Crippen molar-refractivity contribution in [3.05, 3.63) is 29.8 Å². The fraction of sp³-hybridized carbons (Fsp3) is 0.438. The summed E-state index contributed by atoms with van der Waals surface area (Å²) in [4.78, 5) is 36.8. The summed E-state index contributed by atoms with van der Waals surface area (Å²) in [5.74, 6) is -2.45. The Bertz CT molecular complexity index is 739. The Hall–Kier alpha value is -2.26. The van der Waals surface area contributed by atoms with Gasteiger partial charge in [-0.05, 0) is 19.1 Å². The number of carboxylic acids is 1. The third kappa shape index (κ3) is 2.83. The molecule has 1 unspecified atom stereocenters. The van der Waals surface area contributed by atoms with Crippen molar-refractivity contribution >= 4 is 29.5 Å². The Labute approximate surface area is 147 Å². The summed E-state index contributed by atoms with van der Waals surface area (Å²) in [5.41, 5.74) is 5.45. The van der Waals surface area contributed by atoms with E-state index in [1.54, 1.807) is 12.1 Å². The number of aliphatic hydroxyl groups is 1. The molecule has 2 heterocycles. The molecule has 9 heteroatoms. The lowest BCUT2D eigenvalue weighted by Gasteiger charge is -2.42. The zero-order valence-corrected chi connectivity index (χ0v) is 14.2. The second-order valence-electron chi connectivity index (χ2n) is 6.19. The molecule has 0 saturated carbocycles. The van der Waals surface area contributed by atoms with Crippen LogP contribution in [-0.2, 0) is 9.59 Å². The molecule has 3 rings (SSSR count). The number of carbonyl (C=O) groups is 3. The van der Waals surface area contributed by atoms with Crippen molar-refractivity contribution in [3.63, 3.8) is 0 Å². The first kappa shape index (κ1) is 17.6. The van der Waals surface area contributed by atoms with Crippen LogP contribution in [0.2, 0.25) is 0 Å². The number of carbonyl (C=O) groups excluding carboxylic acids is 2. The molecular formula is C16H18N2O6S. The number of β-lactam (4-membered cyclic amide) rings is 1. The minimum Gasteiger partial charge on any atom is -0.491 e. The highest BCUT2D eigenvalue weighted by Crippen LogP contribution is 2.50. The number of nitrogens with two attached hydrogens (primary N) is 1. The van der Waals surface area contributed by atoms with Gasteiger partial charge in [-0.25, -0.2) is 0 Å². The van der Waals surface area contributed by atoms with Crippen molar-refractivity contribution in [3.8, 4) is 5.75 Å². The predicted molar refractivity (Wildman–Crippen MR) is 89.1 cm³/mol. The Balaban J connectivity index is 1.79. The summed E-state index contributed by atoms with van der Waals surface area (Å²) in [6, 6.07) is 6.31. The van der Waals surface area contributed by atoms with Crippen LogP contribution in [0.25, 0.3) is 0 Å². The molecule has 8 nitrogen and oxygen atoms in total. The second-order valence-corrected chi connectivity index (χ2v) is 7.69. The van der Waals surface area contributed by atoms with Crippen LogP contribution in [0.4, 0.5) is 0 Å². The van der Waals surface area contributed by atoms with Gasteiger partial charge in [-0.3, -0.25) is 14.4 Å². The highest BCUT2D eigenvalue weighted by atomic mass is 32.2. The van der Waals surface area contributed by atoms with Gasteiger partial charge in [0.25, 0.3) is 5.91 Å². The standard InChI is InChI=1S/C16H18N2O6S/c1-8(19)11-13(21)18-6-16(15(22)23,25-14(11)18)7-24-10-5-3-2-4-9(10)12(17)20/h2-5,8,11,14,19H,6-7H2,1H3,(H2,17,20)(H,22,23)/t8-,11+,14-,16?/m1/s1. The van der Waals surface area contributed by atoms with E-state index in [9.17, 15) is 24.6 Å². The smallest absolute Gasteiger partial charge is 0.325 e. The first-order chi connectivity index (χ1) is 11.8. The monoisotopic (exact) mass is 366 g/mol. The highest BCUT2D eigenvalue weighted by Gasteiger charge is 2.63. The second kappa shape index (κ2) is 6.23. The number of fused-ring (bicyclic) bond motifs is 1. The lowest BCUT2D eigenvalue weighted by atomic mass is 9.92. The highest BCUT2D eigenvalue weighted by molar-refractivity contribution is 8.02. The summed E-state index contributed by atoms with van der Waals surface area (Å²) >= 11 is 1.09.